The van der Waals surface area contributed by atoms with E-state index in [1.54, 1.807) is 0 Å². The molecule has 0 unspecified atom stereocenters. The molecule has 2 aromatic rings. The third-order valence-electron chi connectivity index (χ3n) is 2.28. The number of ether oxygens (including phenoxy) is 1. The van der Waals surface area contributed by atoms with E-state index in [9.17, 15) is 18.0 Å². The van der Waals surface area contributed by atoms with Crippen molar-refractivity contribution in [1.82, 2.24) is 14.8 Å². The van der Waals surface area contributed by atoms with Crippen molar-refractivity contribution in [3.63, 3.8) is 0 Å². The zero-order valence-electron chi connectivity index (χ0n) is 10.0. The Hall–Kier alpha value is -2.58. The van der Waals surface area contributed by atoms with Crippen molar-refractivity contribution in [2.75, 3.05) is 0 Å². The molecular weight excluding hydrogens is 279 g/mol. The highest BCUT2D eigenvalue weighted by Crippen LogP contribution is 2.23. The minimum absolute atomic E-state index is 0.298. The Morgan fingerprint density at radius 1 is 1.30 bits per heavy atom. The van der Waals surface area contributed by atoms with Crippen LogP contribution >= 0.6 is 0 Å². The van der Waals surface area contributed by atoms with E-state index in [1.165, 1.54) is 23.7 Å². The summed E-state index contributed by atoms with van der Waals surface area (Å²) in [4.78, 5) is 14.4. The molecule has 0 bridgehead atoms. The Morgan fingerprint density at radius 3 is 2.35 bits per heavy atom. The number of hydrogen-bond acceptors (Lipinski definition) is 4. The molecule has 1 heterocycles. The van der Waals surface area contributed by atoms with Crippen molar-refractivity contribution in [2.24, 2.45) is 0 Å². The first kappa shape index (κ1) is 13.8. The number of benzene rings is 1. The smallest absolute Gasteiger partial charge is 0.475 e. The number of nitrogens with zero attached hydrogens (tertiary/aromatic N) is 3. The number of hydrogen-bond donors (Lipinski definition) is 1. The van der Waals surface area contributed by atoms with Crippen LogP contribution in [0.15, 0.2) is 24.3 Å². The van der Waals surface area contributed by atoms with E-state index >= 15 is 0 Å². The van der Waals surface area contributed by atoms with Crippen LogP contribution in [-0.4, -0.2) is 32.2 Å². The quantitative estimate of drug-likeness (QED) is 0.936. The van der Waals surface area contributed by atoms with Crippen molar-refractivity contribution in [2.45, 2.75) is 13.3 Å². The number of rotatable bonds is 3. The van der Waals surface area contributed by atoms with E-state index < -0.39 is 18.2 Å². The molecule has 1 aromatic carbocycles. The van der Waals surface area contributed by atoms with Gasteiger partial charge in [-0.15, -0.1) is 18.3 Å². The molecule has 1 N–H and O–H groups in total. The monoisotopic (exact) mass is 287 g/mol. The molecule has 9 heteroatoms. The fourth-order valence-electron chi connectivity index (χ4n) is 1.51. The molecule has 0 aliphatic heterocycles. The molecule has 0 aliphatic rings. The molecule has 0 fully saturated rings. The summed E-state index contributed by atoms with van der Waals surface area (Å²) in [5.74, 6) is -1.76. The van der Waals surface area contributed by atoms with Crippen LogP contribution in [0.4, 0.5) is 13.2 Å². The molecule has 20 heavy (non-hydrogen) atoms. The first-order chi connectivity index (χ1) is 9.26. The lowest BCUT2D eigenvalue weighted by Gasteiger charge is -2.09. The van der Waals surface area contributed by atoms with Gasteiger partial charge in [-0.2, -0.15) is 0 Å². The predicted octanol–water partition coefficient (Wildman–Crippen LogP) is 2.17. The van der Waals surface area contributed by atoms with Crippen LogP contribution in [0.25, 0.3) is 5.69 Å². The van der Waals surface area contributed by atoms with Crippen LogP contribution in [-0.2, 0) is 0 Å². The summed E-state index contributed by atoms with van der Waals surface area (Å²) >= 11 is 0. The molecule has 0 radical (unpaired) electrons. The van der Waals surface area contributed by atoms with E-state index in [2.05, 4.69) is 14.8 Å². The Morgan fingerprint density at radius 2 is 1.90 bits per heavy atom. The number of carbonyl (C=O) groups is 1. The SMILES string of the molecule is Cc1nc(C(=O)O)nn1-c1ccc(OC(F)(F)F)cc1. The Kier molecular flexibility index (Phi) is 3.35. The van der Waals surface area contributed by atoms with E-state index in [0.29, 0.717) is 11.5 Å². The summed E-state index contributed by atoms with van der Waals surface area (Å²) in [5, 5.41) is 12.5. The highest BCUT2D eigenvalue weighted by Gasteiger charge is 2.31. The molecular formula is C11H8F3N3O3. The lowest BCUT2D eigenvalue weighted by atomic mass is 10.3. The molecule has 0 atom stereocenters. The fourth-order valence-corrected chi connectivity index (χ4v) is 1.51. The van der Waals surface area contributed by atoms with Crippen molar-refractivity contribution >= 4 is 5.97 Å². The summed E-state index contributed by atoms with van der Waals surface area (Å²) in [6, 6.07) is 4.83. The fraction of sp³-hybridized carbons (Fsp3) is 0.182. The largest absolute Gasteiger partial charge is 0.573 e. The van der Waals surface area contributed by atoms with E-state index in [4.69, 9.17) is 5.11 Å². The molecule has 106 valence electrons. The van der Waals surface area contributed by atoms with Gasteiger partial charge in [-0.3, -0.25) is 0 Å². The van der Waals surface area contributed by atoms with Gasteiger partial charge in [-0.1, -0.05) is 0 Å². The standard InChI is InChI=1S/C11H8F3N3O3/c1-6-15-9(10(18)19)16-17(6)7-2-4-8(5-3-7)20-11(12,13)14/h2-5H,1H3,(H,18,19). The number of alkyl halides is 3. The number of aromatic carboxylic acids is 1. The third kappa shape index (κ3) is 3.05. The van der Waals surface area contributed by atoms with Gasteiger partial charge in [-0.25, -0.2) is 14.5 Å². The number of carboxylic acids is 1. The molecule has 0 saturated heterocycles. The Balaban J connectivity index is 2.28. The average molecular weight is 287 g/mol. The van der Waals surface area contributed by atoms with Crippen molar-refractivity contribution in [1.29, 1.82) is 0 Å². The van der Waals surface area contributed by atoms with Gasteiger partial charge < -0.3 is 9.84 Å². The molecule has 2 rings (SSSR count). The van der Waals surface area contributed by atoms with Crippen molar-refractivity contribution in [3.05, 3.63) is 35.9 Å². The summed E-state index contributed by atoms with van der Waals surface area (Å²) < 4.78 is 41.0. The molecule has 0 saturated carbocycles. The molecule has 0 amide bonds. The second-order valence-corrected chi connectivity index (χ2v) is 3.74. The van der Waals surface area contributed by atoms with Crippen LogP contribution in [0.1, 0.15) is 16.4 Å². The summed E-state index contributed by atoms with van der Waals surface area (Å²) in [7, 11) is 0. The van der Waals surface area contributed by atoms with Crippen LogP contribution in [0, 0.1) is 6.92 Å². The van der Waals surface area contributed by atoms with Crippen LogP contribution < -0.4 is 4.74 Å². The Labute approximate surface area is 110 Å². The minimum atomic E-state index is -4.76. The van der Waals surface area contributed by atoms with Crippen LogP contribution in [0.3, 0.4) is 0 Å². The molecule has 0 aliphatic carbocycles. The molecule has 6 nitrogen and oxygen atoms in total. The maximum absolute atomic E-state index is 12.0. The third-order valence-corrected chi connectivity index (χ3v) is 2.28. The maximum Gasteiger partial charge on any atom is 0.573 e. The highest BCUT2D eigenvalue weighted by atomic mass is 19.4. The zero-order valence-corrected chi connectivity index (χ0v) is 10.0. The van der Waals surface area contributed by atoms with Gasteiger partial charge in [0.15, 0.2) is 0 Å². The number of aromatic nitrogens is 3. The van der Waals surface area contributed by atoms with Gasteiger partial charge in [0.05, 0.1) is 5.69 Å². The minimum Gasteiger partial charge on any atom is -0.475 e. The first-order valence-electron chi connectivity index (χ1n) is 5.29. The van der Waals surface area contributed by atoms with E-state index in [-0.39, 0.29) is 5.75 Å². The van der Waals surface area contributed by atoms with Crippen molar-refractivity contribution in [3.8, 4) is 11.4 Å². The van der Waals surface area contributed by atoms with Gasteiger partial charge >= 0.3 is 12.3 Å². The number of halogens is 3. The molecule has 0 spiro atoms. The van der Waals surface area contributed by atoms with Gasteiger partial charge in [-0.05, 0) is 31.2 Å². The second kappa shape index (κ2) is 4.83. The average Bonchev–Trinajstić information content (AvgIpc) is 2.70. The number of aryl methyl sites for hydroxylation is 1. The number of carboxylic acid groups (broad SMARTS) is 1. The van der Waals surface area contributed by atoms with Gasteiger partial charge in [0, 0.05) is 0 Å². The van der Waals surface area contributed by atoms with Crippen LogP contribution in [0.2, 0.25) is 0 Å². The van der Waals surface area contributed by atoms with Crippen LogP contribution in [0.5, 0.6) is 5.75 Å². The lowest BCUT2D eigenvalue weighted by molar-refractivity contribution is -0.274. The highest BCUT2D eigenvalue weighted by molar-refractivity contribution is 5.83. The van der Waals surface area contributed by atoms with Crippen molar-refractivity contribution < 1.29 is 27.8 Å². The summed E-state index contributed by atoms with van der Waals surface area (Å²) in [5.41, 5.74) is 0.372. The normalized spacial score (nSPS) is 11.4. The maximum atomic E-state index is 12.0. The summed E-state index contributed by atoms with van der Waals surface area (Å²) in [6.07, 6.45) is -4.76. The van der Waals surface area contributed by atoms with Gasteiger partial charge in [0.2, 0.25) is 0 Å². The predicted molar refractivity (Wildman–Crippen MR) is 59.7 cm³/mol. The first-order valence-corrected chi connectivity index (χ1v) is 5.29. The molecule has 1 aromatic heterocycles. The zero-order chi connectivity index (χ0) is 14.9. The summed E-state index contributed by atoms with van der Waals surface area (Å²) in [6.45, 7) is 1.53. The van der Waals surface area contributed by atoms with Gasteiger partial charge in [0.25, 0.3) is 5.82 Å². The topological polar surface area (TPSA) is 77.2 Å². The van der Waals surface area contributed by atoms with E-state index in [1.807, 2.05) is 0 Å². The second-order valence-electron chi connectivity index (χ2n) is 3.74. The lowest BCUT2D eigenvalue weighted by Crippen LogP contribution is -2.17. The van der Waals surface area contributed by atoms with Gasteiger partial charge in [0.1, 0.15) is 11.6 Å². The van der Waals surface area contributed by atoms with E-state index in [0.717, 1.165) is 12.1 Å². The Bertz CT molecular complexity index is 635.